The lowest BCUT2D eigenvalue weighted by Gasteiger charge is -2.31. The smallest absolute Gasteiger partial charge is 0.317 e. The highest BCUT2D eigenvalue weighted by Gasteiger charge is 2.26. The van der Waals surface area contributed by atoms with Gasteiger partial charge in [0.25, 0.3) is 0 Å². The molecule has 0 fully saturated rings. The lowest BCUT2D eigenvalue weighted by molar-refractivity contribution is 0.191. The molecule has 0 aliphatic carbocycles. The van der Waals surface area contributed by atoms with Crippen molar-refractivity contribution in [3.8, 4) is 0 Å². The summed E-state index contributed by atoms with van der Waals surface area (Å²) in [6, 6.07) is 9.91. The van der Waals surface area contributed by atoms with Crippen molar-refractivity contribution in [3.05, 3.63) is 53.0 Å². The van der Waals surface area contributed by atoms with Crippen molar-refractivity contribution in [1.82, 2.24) is 20.2 Å². The van der Waals surface area contributed by atoms with Gasteiger partial charge in [-0.3, -0.25) is 0 Å². The van der Waals surface area contributed by atoms with Crippen LogP contribution in [0.5, 0.6) is 0 Å². The Morgan fingerprint density at radius 3 is 2.76 bits per heavy atom. The molecular formula is C19H25N5O. The number of fused-ring (bicyclic) bond motifs is 1. The maximum Gasteiger partial charge on any atom is 0.317 e. The van der Waals surface area contributed by atoms with Crippen LogP contribution in [-0.4, -0.2) is 41.0 Å². The molecule has 6 heteroatoms. The Morgan fingerprint density at radius 1 is 1.28 bits per heavy atom. The van der Waals surface area contributed by atoms with E-state index in [2.05, 4.69) is 27.1 Å². The predicted molar refractivity (Wildman–Crippen MR) is 98.5 cm³/mol. The van der Waals surface area contributed by atoms with Crippen LogP contribution in [0.1, 0.15) is 29.6 Å². The van der Waals surface area contributed by atoms with Gasteiger partial charge in [0.05, 0.1) is 12.2 Å². The number of hydrogen-bond acceptors (Lipinski definition) is 4. The third kappa shape index (κ3) is 3.90. The van der Waals surface area contributed by atoms with Crippen molar-refractivity contribution in [2.24, 2.45) is 0 Å². The van der Waals surface area contributed by atoms with Gasteiger partial charge in [-0.15, -0.1) is 0 Å². The molecule has 0 spiro atoms. The van der Waals surface area contributed by atoms with E-state index in [1.807, 2.05) is 49.2 Å². The second kappa shape index (κ2) is 7.51. The monoisotopic (exact) mass is 339 g/mol. The number of aryl methyl sites for hydroxylation is 1. The van der Waals surface area contributed by atoms with E-state index < -0.39 is 0 Å². The summed E-state index contributed by atoms with van der Waals surface area (Å²) < 4.78 is 0. The maximum absolute atomic E-state index is 12.6. The molecule has 2 aromatic rings. The molecule has 1 aromatic heterocycles. The molecule has 1 aromatic carbocycles. The van der Waals surface area contributed by atoms with Crippen molar-refractivity contribution in [2.75, 3.05) is 25.0 Å². The second-order valence-electron chi connectivity index (χ2n) is 6.35. The van der Waals surface area contributed by atoms with E-state index in [0.717, 1.165) is 41.4 Å². The highest BCUT2D eigenvalue weighted by molar-refractivity contribution is 5.75. The largest absolute Gasteiger partial charge is 0.360 e. The van der Waals surface area contributed by atoms with Crippen LogP contribution in [0.4, 0.5) is 10.6 Å². The number of urea groups is 1. The van der Waals surface area contributed by atoms with Crippen molar-refractivity contribution in [3.63, 3.8) is 0 Å². The Labute approximate surface area is 148 Å². The highest BCUT2D eigenvalue weighted by Crippen LogP contribution is 2.26. The molecule has 6 nitrogen and oxygen atoms in total. The molecule has 2 heterocycles. The second-order valence-corrected chi connectivity index (χ2v) is 6.35. The maximum atomic E-state index is 12.6. The number of aromatic nitrogens is 2. The predicted octanol–water partition coefficient (Wildman–Crippen LogP) is 2.51. The Kier molecular flexibility index (Phi) is 5.16. The van der Waals surface area contributed by atoms with Crippen molar-refractivity contribution < 1.29 is 4.79 Å². The van der Waals surface area contributed by atoms with Crippen LogP contribution in [0.2, 0.25) is 0 Å². The van der Waals surface area contributed by atoms with Gasteiger partial charge in [-0.25, -0.2) is 14.8 Å². The summed E-state index contributed by atoms with van der Waals surface area (Å²) in [5, 5.41) is 3.01. The standard InChI is InChI=1S/C19H25N5O/c1-4-23(3)18-16-13-24(11-10-17(16)21-14(2)22-18)19(25)20-12-15-8-6-5-7-9-15/h5-9H,4,10-13H2,1-3H3,(H,20,25). The van der Waals surface area contributed by atoms with E-state index >= 15 is 0 Å². The molecule has 1 N–H and O–H groups in total. The molecular weight excluding hydrogens is 314 g/mol. The van der Waals surface area contributed by atoms with Crippen LogP contribution >= 0.6 is 0 Å². The Morgan fingerprint density at radius 2 is 2.04 bits per heavy atom. The van der Waals surface area contributed by atoms with E-state index in [1.54, 1.807) is 0 Å². The number of carbonyl (C=O) groups is 1. The first-order chi connectivity index (χ1) is 12.1. The van der Waals surface area contributed by atoms with Crippen LogP contribution in [0, 0.1) is 6.92 Å². The number of amides is 2. The molecule has 0 unspecified atom stereocenters. The Bertz CT molecular complexity index is 747. The SMILES string of the molecule is CCN(C)c1nc(C)nc2c1CN(C(=O)NCc1ccccc1)CC2. The van der Waals surface area contributed by atoms with Gasteiger partial charge in [0.2, 0.25) is 0 Å². The Hall–Kier alpha value is -2.63. The number of nitrogens with one attached hydrogen (secondary N) is 1. The number of hydrogen-bond donors (Lipinski definition) is 1. The van der Waals surface area contributed by atoms with E-state index in [-0.39, 0.29) is 6.03 Å². The zero-order valence-electron chi connectivity index (χ0n) is 15.1. The summed E-state index contributed by atoms with van der Waals surface area (Å²) in [6.45, 7) is 6.65. The number of nitrogens with zero attached hydrogens (tertiary/aromatic N) is 4. The van der Waals surface area contributed by atoms with E-state index in [0.29, 0.717) is 19.6 Å². The Balaban J connectivity index is 1.72. The fraction of sp³-hybridized carbons (Fsp3) is 0.421. The number of carbonyl (C=O) groups excluding carboxylic acids is 1. The highest BCUT2D eigenvalue weighted by atomic mass is 16.2. The van der Waals surface area contributed by atoms with Gasteiger partial charge in [-0.1, -0.05) is 30.3 Å². The normalized spacial score (nSPS) is 13.3. The van der Waals surface area contributed by atoms with Gasteiger partial charge in [0.1, 0.15) is 11.6 Å². The minimum atomic E-state index is -0.0415. The first kappa shape index (κ1) is 17.2. The minimum Gasteiger partial charge on any atom is -0.360 e. The molecule has 0 saturated heterocycles. The number of benzene rings is 1. The summed E-state index contributed by atoms with van der Waals surface area (Å²) >= 11 is 0. The lowest BCUT2D eigenvalue weighted by Crippen LogP contribution is -2.43. The molecule has 25 heavy (non-hydrogen) atoms. The van der Waals surface area contributed by atoms with Gasteiger partial charge in [0.15, 0.2) is 0 Å². The molecule has 0 atom stereocenters. The molecule has 132 valence electrons. The first-order valence-electron chi connectivity index (χ1n) is 8.72. The molecule has 2 amide bonds. The van der Waals surface area contributed by atoms with Crippen LogP contribution in [0.3, 0.4) is 0 Å². The van der Waals surface area contributed by atoms with E-state index in [4.69, 9.17) is 0 Å². The fourth-order valence-corrected chi connectivity index (χ4v) is 3.04. The van der Waals surface area contributed by atoms with Crippen LogP contribution in [0.25, 0.3) is 0 Å². The quantitative estimate of drug-likeness (QED) is 0.930. The van der Waals surface area contributed by atoms with Gasteiger partial charge in [0, 0.05) is 38.7 Å². The van der Waals surface area contributed by atoms with Gasteiger partial charge in [-0.05, 0) is 19.4 Å². The summed E-state index contributed by atoms with van der Waals surface area (Å²) in [5.41, 5.74) is 3.23. The van der Waals surface area contributed by atoms with Crippen LogP contribution < -0.4 is 10.2 Å². The summed E-state index contributed by atoms with van der Waals surface area (Å²) in [7, 11) is 2.02. The molecule has 1 aliphatic rings. The average Bonchev–Trinajstić information content (AvgIpc) is 2.65. The van der Waals surface area contributed by atoms with Gasteiger partial charge in [-0.2, -0.15) is 0 Å². The van der Waals surface area contributed by atoms with E-state index in [1.165, 1.54) is 0 Å². The average molecular weight is 339 g/mol. The molecule has 1 aliphatic heterocycles. The fourth-order valence-electron chi connectivity index (χ4n) is 3.04. The van der Waals surface area contributed by atoms with Crippen LogP contribution in [-0.2, 0) is 19.5 Å². The molecule has 0 radical (unpaired) electrons. The van der Waals surface area contributed by atoms with E-state index in [9.17, 15) is 4.79 Å². The first-order valence-corrected chi connectivity index (χ1v) is 8.72. The van der Waals surface area contributed by atoms with Crippen molar-refractivity contribution >= 4 is 11.8 Å². The summed E-state index contributed by atoms with van der Waals surface area (Å²) in [6.07, 6.45) is 0.766. The molecule has 0 bridgehead atoms. The lowest BCUT2D eigenvalue weighted by atomic mass is 10.1. The zero-order valence-corrected chi connectivity index (χ0v) is 15.1. The zero-order chi connectivity index (χ0) is 17.8. The molecule has 3 rings (SSSR count). The topological polar surface area (TPSA) is 61.4 Å². The summed E-state index contributed by atoms with van der Waals surface area (Å²) in [5.74, 6) is 1.72. The summed E-state index contributed by atoms with van der Waals surface area (Å²) in [4.78, 5) is 25.7. The number of anilines is 1. The third-order valence-electron chi connectivity index (χ3n) is 4.56. The number of rotatable bonds is 4. The van der Waals surface area contributed by atoms with Crippen molar-refractivity contribution in [2.45, 2.75) is 33.4 Å². The van der Waals surface area contributed by atoms with Crippen LogP contribution in [0.15, 0.2) is 30.3 Å². The molecule has 0 saturated carbocycles. The third-order valence-corrected chi connectivity index (χ3v) is 4.56. The van der Waals surface area contributed by atoms with Gasteiger partial charge < -0.3 is 15.1 Å². The van der Waals surface area contributed by atoms with Gasteiger partial charge >= 0.3 is 6.03 Å². The minimum absolute atomic E-state index is 0.0415. The van der Waals surface area contributed by atoms with Crippen molar-refractivity contribution in [1.29, 1.82) is 0 Å².